The van der Waals surface area contributed by atoms with Gasteiger partial charge >= 0.3 is 0 Å². The zero-order valence-electron chi connectivity index (χ0n) is 19.0. The van der Waals surface area contributed by atoms with E-state index in [1.54, 1.807) is 6.20 Å². The summed E-state index contributed by atoms with van der Waals surface area (Å²) in [5, 5.41) is 8.63. The molecule has 10 heteroatoms. The van der Waals surface area contributed by atoms with E-state index in [2.05, 4.69) is 25.5 Å². The van der Waals surface area contributed by atoms with Gasteiger partial charge in [-0.25, -0.2) is 9.97 Å². The van der Waals surface area contributed by atoms with Crippen molar-refractivity contribution in [3.05, 3.63) is 46.2 Å². The number of amides is 1. The Balaban J connectivity index is 1.23. The van der Waals surface area contributed by atoms with Gasteiger partial charge in [-0.1, -0.05) is 0 Å². The fourth-order valence-electron chi connectivity index (χ4n) is 5.30. The molecule has 1 aromatic carbocycles. The minimum atomic E-state index is -0.0387. The molecule has 2 fully saturated rings. The van der Waals surface area contributed by atoms with Crippen LogP contribution in [0, 0.1) is 11.8 Å². The Kier molecular flexibility index (Phi) is 4.87. The van der Waals surface area contributed by atoms with Crippen LogP contribution in [-0.4, -0.2) is 51.4 Å². The number of ether oxygens (including phenoxy) is 1. The smallest absolute Gasteiger partial charge is 0.263 e. The highest BCUT2D eigenvalue weighted by Gasteiger charge is 2.44. The number of thiophene rings is 1. The first-order valence-corrected chi connectivity index (χ1v) is 13.0. The second-order valence-corrected chi connectivity index (χ2v) is 11.1. The van der Waals surface area contributed by atoms with Crippen LogP contribution in [-0.2, 0) is 6.54 Å². The molecule has 178 valence electrons. The summed E-state index contributed by atoms with van der Waals surface area (Å²) in [6.07, 6.45) is 3.11. The summed E-state index contributed by atoms with van der Waals surface area (Å²) in [4.78, 5) is 29.1. The zero-order chi connectivity index (χ0) is 23.7. The van der Waals surface area contributed by atoms with E-state index in [-0.39, 0.29) is 17.2 Å². The number of fused-ring (bicyclic) bond motifs is 6. The molecular weight excluding hydrogens is 484 g/mol. The van der Waals surface area contributed by atoms with E-state index in [1.807, 2.05) is 31.2 Å². The van der Waals surface area contributed by atoms with Crippen LogP contribution in [0.3, 0.4) is 0 Å². The van der Waals surface area contributed by atoms with Gasteiger partial charge in [-0.3, -0.25) is 9.69 Å². The average Bonchev–Trinajstić information content (AvgIpc) is 3.31. The van der Waals surface area contributed by atoms with Crippen LogP contribution in [0.5, 0.6) is 11.8 Å². The highest BCUT2D eigenvalue weighted by Crippen LogP contribution is 2.45. The van der Waals surface area contributed by atoms with E-state index in [0.717, 1.165) is 63.7 Å². The lowest BCUT2D eigenvalue weighted by Crippen LogP contribution is -2.34. The van der Waals surface area contributed by atoms with E-state index < -0.39 is 0 Å². The molecule has 3 atom stereocenters. The second kappa shape index (κ2) is 8.01. The van der Waals surface area contributed by atoms with Gasteiger partial charge in [0, 0.05) is 65.5 Å². The maximum Gasteiger partial charge on any atom is 0.263 e. The number of carbonyl (C=O) groups is 1. The Bertz CT molecular complexity index is 1500. The number of hydrogen-bond donors (Lipinski definition) is 2. The van der Waals surface area contributed by atoms with Crippen molar-refractivity contribution in [3.63, 3.8) is 0 Å². The molecule has 5 heterocycles. The molecule has 0 radical (unpaired) electrons. The summed E-state index contributed by atoms with van der Waals surface area (Å²) < 4.78 is 7.20. The molecule has 1 saturated carbocycles. The Morgan fingerprint density at radius 2 is 2.06 bits per heavy atom. The Hall–Kier alpha value is -3.01. The van der Waals surface area contributed by atoms with Crippen molar-refractivity contribution in [3.8, 4) is 11.8 Å². The molecule has 3 aliphatic rings. The van der Waals surface area contributed by atoms with Crippen LogP contribution in [0.2, 0.25) is 5.28 Å². The number of nitrogens with zero attached hydrogens (tertiary/aromatic N) is 4. The van der Waals surface area contributed by atoms with E-state index in [9.17, 15) is 4.79 Å². The Morgan fingerprint density at radius 3 is 2.91 bits per heavy atom. The summed E-state index contributed by atoms with van der Waals surface area (Å²) in [5.74, 6) is 2.54. The van der Waals surface area contributed by atoms with Gasteiger partial charge < -0.3 is 15.4 Å². The van der Waals surface area contributed by atoms with Gasteiger partial charge in [0.2, 0.25) is 17.0 Å². The molecule has 1 amide bonds. The fraction of sp³-hybridized carbons (Fsp3) is 0.360. The summed E-state index contributed by atoms with van der Waals surface area (Å²) in [6.45, 7) is 5.64. The third-order valence-corrected chi connectivity index (χ3v) is 8.45. The van der Waals surface area contributed by atoms with E-state index in [1.165, 1.54) is 17.8 Å². The molecular formula is C25H23ClN6O2S. The van der Waals surface area contributed by atoms with Gasteiger partial charge in [-0.15, -0.1) is 11.3 Å². The number of aromatic nitrogens is 3. The molecule has 8 nitrogen and oxygen atoms in total. The van der Waals surface area contributed by atoms with Crippen molar-refractivity contribution >= 4 is 55.5 Å². The second-order valence-electron chi connectivity index (χ2n) is 9.74. The number of benzene rings is 1. The molecule has 7 rings (SSSR count). The molecule has 0 spiro atoms. The fourth-order valence-corrected chi connectivity index (χ4v) is 6.52. The topological polar surface area (TPSA) is 92.3 Å². The molecule has 1 saturated heterocycles. The normalized spacial score (nSPS) is 23.5. The first-order valence-electron chi connectivity index (χ1n) is 11.8. The maximum absolute atomic E-state index is 12.7. The van der Waals surface area contributed by atoms with Gasteiger partial charge in [0.1, 0.15) is 4.88 Å². The van der Waals surface area contributed by atoms with Gasteiger partial charge in [0.25, 0.3) is 5.91 Å². The zero-order valence-corrected chi connectivity index (χ0v) is 20.6. The standard InChI is InChI=1S/C25H23ClN6O2S/c1-12-7-27-21-20-16-2-5-19(30-17(16)3-4-18(20)35-22(21)23(33)29-12)34-24-15(8-28-25(26)31-24)11-32-9-13-6-14(13)10-32/h2-5,8,12-14,27H,6-7,9-11H2,1H3,(H,29,33)/t12-,13?,14?/m0/s1. The monoisotopic (exact) mass is 506 g/mol. The summed E-state index contributed by atoms with van der Waals surface area (Å²) >= 11 is 7.60. The number of hydrogen-bond acceptors (Lipinski definition) is 8. The predicted molar refractivity (Wildman–Crippen MR) is 137 cm³/mol. The average molecular weight is 507 g/mol. The largest absolute Gasteiger partial charge is 0.420 e. The van der Waals surface area contributed by atoms with Crippen molar-refractivity contribution in [1.82, 2.24) is 25.2 Å². The lowest BCUT2D eigenvalue weighted by atomic mass is 10.1. The van der Waals surface area contributed by atoms with Gasteiger partial charge in [0.05, 0.1) is 11.2 Å². The van der Waals surface area contributed by atoms with Crippen molar-refractivity contribution in [1.29, 1.82) is 0 Å². The molecule has 35 heavy (non-hydrogen) atoms. The molecule has 4 aromatic rings. The maximum atomic E-state index is 12.7. The van der Waals surface area contributed by atoms with Crippen LogP contribution < -0.4 is 15.4 Å². The van der Waals surface area contributed by atoms with Crippen LogP contribution in [0.25, 0.3) is 21.0 Å². The van der Waals surface area contributed by atoms with Gasteiger partial charge in [-0.05, 0) is 55.0 Å². The van der Waals surface area contributed by atoms with Gasteiger partial charge in [-0.2, -0.15) is 4.98 Å². The number of halogens is 1. The Morgan fingerprint density at radius 1 is 1.20 bits per heavy atom. The number of likely N-dealkylation sites (tertiary alicyclic amines) is 1. The molecule has 2 unspecified atom stereocenters. The van der Waals surface area contributed by atoms with Crippen molar-refractivity contribution in [2.45, 2.75) is 25.9 Å². The number of nitrogens with one attached hydrogen (secondary N) is 2. The van der Waals surface area contributed by atoms with Crippen molar-refractivity contribution in [2.75, 3.05) is 25.0 Å². The van der Waals surface area contributed by atoms with Crippen LogP contribution in [0.1, 0.15) is 28.6 Å². The molecule has 3 aromatic heterocycles. The number of piperidine rings is 1. The summed E-state index contributed by atoms with van der Waals surface area (Å²) in [6, 6.07) is 7.88. The number of pyridine rings is 1. The van der Waals surface area contributed by atoms with E-state index in [4.69, 9.17) is 21.3 Å². The van der Waals surface area contributed by atoms with E-state index >= 15 is 0 Å². The predicted octanol–water partition coefficient (Wildman–Crippen LogP) is 4.68. The first-order chi connectivity index (χ1) is 17.0. The third kappa shape index (κ3) is 3.78. The molecule has 2 N–H and O–H groups in total. The third-order valence-electron chi connectivity index (χ3n) is 7.11. The number of carbonyl (C=O) groups excluding carboxylic acids is 1. The van der Waals surface area contributed by atoms with Crippen molar-refractivity contribution in [2.24, 2.45) is 11.8 Å². The quantitative estimate of drug-likeness (QED) is 0.388. The minimum Gasteiger partial charge on any atom is -0.420 e. The minimum absolute atomic E-state index is 0.0387. The summed E-state index contributed by atoms with van der Waals surface area (Å²) in [5.41, 5.74) is 2.57. The highest BCUT2D eigenvalue weighted by atomic mass is 35.5. The highest BCUT2D eigenvalue weighted by molar-refractivity contribution is 7.21. The number of anilines is 1. The first kappa shape index (κ1) is 21.3. The van der Waals surface area contributed by atoms with E-state index in [0.29, 0.717) is 23.2 Å². The Labute approximate surface area is 210 Å². The lowest BCUT2D eigenvalue weighted by Gasteiger charge is -2.18. The number of rotatable bonds is 4. The molecule has 2 aliphatic heterocycles. The van der Waals surface area contributed by atoms with Crippen LogP contribution in [0.15, 0.2) is 30.5 Å². The molecule has 1 aliphatic carbocycles. The SMILES string of the molecule is C[C@H]1CNc2c(sc3ccc4nc(Oc5nc(Cl)ncc5CN5CC6CC6C5)ccc4c23)C(=O)N1. The summed E-state index contributed by atoms with van der Waals surface area (Å²) in [7, 11) is 0. The van der Waals surface area contributed by atoms with Crippen LogP contribution in [0.4, 0.5) is 5.69 Å². The van der Waals surface area contributed by atoms with Gasteiger partial charge in [0.15, 0.2) is 0 Å². The van der Waals surface area contributed by atoms with Crippen molar-refractivity contribution < 1.29 is 9.53 Å². The van der Waals surface area contributed by atoms with Crippen LogP contribution >= 0.6 is 22.9 Å². The molecule has 0 bridgehead atoms. The lowest BCUT2D eigenvalue weighted by molar-refractivity contribution is 0.0949.